The van der Waals surface area contributed by atoms with Crippen LogP contribution in [0, 0.1) is 5.92 Å². The largest absolute Gasteiger partial charge is 0.405 e. The van der Waals surface area contributed by atoms with Gasteiger partial charge in [-0.1, -0.05) is 13.8 Å². The van der Waals surface area contributed by atoms with Gasteiger partial charge in [0, 0.05) is 0 Å². The zero-order valence-corrected chi connectivity index (χ0v) is 11.5. The number of carbonyl (C=O) groups is 1. The molecule has 2 N–H and O–H groups in total. The number of hydrogen-bond donors (Lipinski definition) is 2. The third kappa shape index (κ3) is 5.55. The van der Waals surface area contributed by atoms with E-state index in [-0.39, 0.29) is 17.0 Å². The molecule has 1 aromatic rings. The number of anilines is 1. The number of hydrogen-bond acceptors (Lipinski definition) is 5. The highest BCUT2D eigenvalue weighted by Gasteiger charge is 2.30. The topological polar surface area (TPSA) is 79.8 Å². The van der Waals surface area contributed by atoms with Crippen molar-refractivity contribution in [3.05, 3.63) is 11.5 Å². The predicted molar refractivity (Wildman–Crippen MR) is 66.2 cm³/mol. The van der Waals surface area contributed by atoms with Crippen molar-refractivity contribution in [2.24, 2.45) is 5.92 Å². The molecule has 0 spiro atoms. The highest BCUT2D eigenvalue weighted by atomic mass is 35.5. The highest BCUT2D eigenvalue weighted by Crippen LogP contribution is 2.14. The first-order valence-corrected chi connectivity index (χ1v) is 6.03. The van der Waals surface area contributed by atoms with Crippen molar-refractivity contribution in [2.45, 2.75) is 26.1 Å². The summed E-state index contributed by atoms with van der Waals surface area (Å²) >= 11 is 5.53. The first kappa shape index (κ1) is 16.4. The van der Waals surface area contributed by atoms with Crippen LogP contribution in [0.15, 0.2) is 6.20 Å². The number of aromatic nitrogens is 3. The molecule has 0 fully saturated rings. The molecule has 1 heterocycles. The van der Waals surface area contributed by atoms with E-state index >= 15 is 0 Å². The average Bonchev–Trinajstić information content (AvgIpc) is 2.32. The lowest BCUT2D eigenvalue weighted by Crippen LogP contribution is -2.46. The summed E-state index contributed by atoms with van der Waals surface area (Å²) in [6, 6.07) is -0.898. The Labute approximate surface area is 118 Å². The number of carbonyl (C=O) groups excluding carboxylic acids is 1. The summed E-state index contributed by atoms with van der Waals surface area (Å²) in [6.07, 6.45) is -3.24. The van der Waals surface area contributed by atoms with E-state index in [4.69, 9.17) is 11.6 Å². The summed E-state index contributed by atoms with van der Waals surface area (Å²) in [5.41, 5.74) is 0. The van der Waals surface area contributed by atoms with Gasteiger partial charge in [-0.3, -0.25) is 4.79 Å². The second-order valence-corrected chi connectivity index (χ2v) is 4.65. The van der Waals surface area contributed by atoms with Crippen molar-refractivity contribution in [2.75, 3.05) is 11.9 Å². The smallest absolute Gasteiger partial charge is 0.357 e. The minimum Gasteiger partial charge on any atom is -0.357 e. The molecule has 1 atom stereocenters. The summed E-state index contributed by atoms with van der Waals surface area (Å²) in [7, 11) is 0. The SMILES string of the molecule is CC(C)[C@@H](Nc1cnnc(Cl)n1)C(=O)NCC(F)(F)F. The molecule has 0 radical (unpaired) electrons. The van der Waals surface area contributed by atoms with Gasteiger partial charge in [0.25, 0.3) is 0 Å². The molecule has 1 rings (SSSR count). The fourth-order valence-electron chi connectivity index (χ4n) is 1.34. The van der Waals surface area contributed by atoms with Crippen LogP contribution in [0.2, 0.25) is 5.28 Å². The maximum absolute atomic E-state index is 12.1. The molecule has 0 saturated heterocycles. The van der Waals surface area contributed by atoms with Crippen molar-refractivity contribution in [3.8, 4) is 0 Å². The van der Waals surface area contributed by atoms with E-state index in [9.17, 15) is 18.0 Å². The molecule has 1 amide bonds. The summed E-state index contributed by atoms with van der Waals surface area (Å²) in [5.74, 6) is -0.894. The fourth-order valence-corrected chi connectivity index (χ4v) is 1.48. The molecule has 0 unspecified atom stereocenters. The number of amides is 1. The van der Waals surface area contributed by atoms with Gasteiger partial charge in [-0.15, -0.1) is 5.10 Å². The van der Waals surface area contributed by atoms with Crippen molar-refractivity contribution in [3.63, 3.8) is 0 Å². The van der Waals surface area contributed by atoms with Crippen LogP contribution in [0.25, 0.3) is 0 Å². The minimum atomic E-state index is -4.46. The van der Waals surface area contributed by atoms with Crippen molar-refractivity contribution in [1.29, 1.82) is 0 Å². The van der Waals surface area contributed by atoms with Crippen LogP contribution in [0.5, 0.6) is 0 Å². The zero-order chi connectivity index (χ0) is 15.3. The fraction of sp³-hybridized carbons (Fsp3) is 0.600. The molecule has 1 aromatic heterocycles. The number of nitrogens with zero attached hydrogens (tertiary/aromatic N) is 3. The second kappa shape index (κ2) is 6.69. The Kier molecular flexibility index (Phi) is 5.49. The van der Waals surface area contributed by atoms with E-state index in [1.807, 2.05) is 5.32 Å². The standard InChI is InChI=1S/C10H13ClF3N5O/c1-5(2)7(8(20)15-4-10(12,13)14)17-6-3-16-19-9(11)18-6/h3,5,7H,4H2,1-2H3,(H,15,20)(H,17,18,19)/t7-/m1/s1. The van der Waals surface area contributed by atoms with Crippen molar-refractivity contribution in [1.82, 2.24) is 20.5 Å². The molecular weight excluding hydrogens is 299 g/mol. The maximum Gasteiger partial charge on any atom is 0.405 e. The molecule has 0 aliphatic heterocycles. The van der Waals surface area contributed by atoms with E-state index in [0.717, 1.165) is 0 Å². The van der Waals surface area contributed by atoms with Crippen LogP contribution in [-0.2, 0) is 4.79 Å². The summed E-state index contributed by atoms with van der Waals surface area (Å²) in [5, 5.41) is 11.3. The van der Waals surface area contributed by atoms with Gasteiger partial charge in [0.2, 0.25) is 11.2 Å². The van der Waals surface area contributed by atoms with E-state index in [1.165, 1.54) is 6.20 Å². The third-order valence-electron chi connectivity index (χ3n) is 2.25. The first-order valence-electron chi connectivity index (χ1n) is 5.65. The van der Waals surface area contributed by atoms with Crippen LogP contribution >= 0.6 is 11.6 Å². The van der Waals surface area contributed by atoms with E-state index in [2.05, 4.69) is 20.5 Å². The molecule has 112 valence electrons. The van der Waals surface area contributed by atoms with Crippen molar-refractivity contribution < 1.29 is 18.0 Å². The molecule has 20 heavy (non-hydrogen) atoms. The quantitative estimate of drug-likeness (QED) is 0.864. The highest BCUT2D eigenvalue weighted by molar-refractivity contribution is 6.28. The van der Waals surface area contributed by atoms with E-state index < -0.39 is 24.7 Å². The van der Waals surface area contributed by atoms with E-state index in [0.29, 0.717) is 0 Å². The lowest BCUT2D eigenvalue weighted by molar-refractivity contribution is -0.139. The van der Waals surface area contributed by atoms with Crippen molar-refractivity contribution >= 4 is 23.3 Å². The molecule has 6 nitrogen and oxygen atoms in total. The first-order chi connectivity index (χ1) is 9.19. The third-order valence-corrected chi connectivity index (χ3v) is 2.41. The summed E-state index contributed by atoms with van der Waals surface area (Å²) < 4.78 is 36.2. The van der Waals surface area contributed by atoms with Gasteiger partial charge < -0.3 is 10.6 Å². The molecule has 10 heteroatoms. The Bertz CT molecular complexity index is 468. The van der Waals surface area contributed by atoms with Crippen LogP contribution < -0.4 is 10.6 Å². The Morgan fingerprint density at radius 2 is 2.10 bits per heavy atom. The van der Waals surface area contributed by atoms with E-state index in [1.54, 1.807) is 13.8 Å². The average molecular weight is 312 g/mol. The van der Waals surface area contributed by atoms with Gasteiger partial charge in [0.1, 0.15) is 12.6 Å². The molecule has 0 bridgehead atoms. The molecule has 0 aliphatic carbocycles. The summed E-state index contributed by atoms with van der Waals surface area (Å²) in [4.78, 5) is 15.5. The Morgan fingerprint density at radius 1 is 1.45 bits per heavy atom. The van der Waals surface area contributed by atoms with Crippen LogP contribution in [0.4, 0.5) is 19.0 Å². The monoisotopic (exact) mass is 311 g/mol. The Balaban J connectivity index is 2.72. The number of halogens is 4. The molecule has 0 aromatic carbocycles. The Hall–Kier alpha value is -1.64. The molecule has 0 aliphatic rings. The molecule has 0 saturated carbocycles. The second-order valence-electron chi connectivity index (χ2n) is 4.31. The number of rotatable bonds is 5. The van der Waals surface area contributed by atoms with Crippen LogP contribution in [-0.4, -0.2) is 39.9 Å². The normalized spacial score (nSPS) is 13.2. The molecular formula is C10H13ClF3N5O. The predicted octanol–water partition coefficient (Wildman–Crippen LogP) is 1.64. The van der Waals surface area contributed by atoms with Crippen LogP contribution in [0.3, 0.4) is 0 Å². The van der Waals surface area contributed by atoms with Gasteiger partial charge in [-0.2, -0.15) is 23.3 Å². The minimum absolute atomic E-state index is 0.131. The number of alkyl halides is 3. The van der Waals surface area contributed by atoms with Gasteiger partial charge in [-0.05, 0) is 17.5 Å². The zero-order valence-electron chi connectivity index (χ0n) is 10.7. The van der Waals surface area contributed by atoms with Crippen LogP contribution in [0.1, 0.15) is 13.8 Å². The Morgan fingerprint density at radius 3 is 2.60 bits per heavy atom. The van der Waals surface area contributed by atoms with Gasteiger partial charge in [0.05, 0.1) is 6.20 Å². The number of nitrogens with one attached hydrogen (secondary N) is 2. The van der Waals surface area contributed by atoms with Gasteiger partial charge in [-0.25, -0.2) is 0 Å². The van der Waals surface area contributed by atoms with Gasteiger partial charge >= 0.3 is 6.18 Å². The van der Waals surface area contributed by atoms with Gasteiger partial charge in [0.15, 0.2) is 5.82 Å². The summed E-state index contributed by atoms with van der Waals surface area (Å²) in [6.45, 7) is 1.97. The lowest BCUT2D eigenvalue weighted by Gasteiger charge is -2.22. The lowest BCUT2D eigenvalue weighted by atomic mass is 10.0. The maximum atomic E-state index is 12.1.